The average molecular weight is 308 g/mol. The zero-order valence-electron chi connectivity index (χ0n) is 12.2. The Morgan fingerprint density at radius 1 is 1.38 bits per heavy atom. The summed E-state index contributed by atoms with van der Waals surface area (Å²) in [5, 5.41) is 12.1. The minimum absolute atomic E-state index is 0.0413. The Hall–Kier alpha value is -1.57. The predicted molar refractivity (Wildman–Crippen MR) is 68.5 cm³/mol. The topological polar surface area (TPSA) is 64.3 Å². The molecule has 0 atom stereocenters. The van der Waals surface area contributed by atoms with Gasteiger partial charge in [0.2, 0.25) is 0 Å². The second-order valence-electron chi connectivity index (χ2n) is 5.61. The summed E-state index contributed by atoms with van der Waals surface area (Å²) in [5.74, 6) is -0.660. The third-order valence-electron chi connectivity index (χ3n) is 2.42. The van der Waals surface area contributed by atoms with Crippen molar-refractivity contribution in [1.29, 1.82) is 0 Å². The van der Waals surface area contributed by atoms with E-state index in [1.54, 1.807) is 20.8 Å². The molecular weight excluding hydrogens is 289 g/mol. The number of alkyl halides is 3. The van der Waals surface area contributed by atoms with Crippen molar-refractivity contribution in [2.45, 2.75) is 51.9 Å². The molecule has 21 heavy (non-hydrogen) atoms. The van der Waals surface area contributed by atoms with E-state index in [1.165, 1.54) is 6.20 Å². The maximum atomic E-state index is 12.8. The Morgan fingerprint density at radius 2 is 2.00 bits per heavy atom. The quantitative estimate of drug-likeness (QED) is 0.847. The van der Waals surface area contributed by atoms with Crippen molar-refractivity contribution in [3.8, 4) is 0 Å². The van der Waals surface area contributed by atoms with Gasteiger partial charge >= 0.3 is 12.1 Å². The summed E-state index contributed by atoms with van der Waals surface area (Å²) < 4.78 is 44.5. The molecule has 1 rings (SSSR count). The number of carbonyl (C=O) groups is 1. The highest BCUT2D eigenvalue weighted by Gasteiger charge is 2.37. The van der Waals surface area contributed by atoms with E-state index in [0.717, 1.165) is 4.68 Å². The fourth-order valence-corrected chi connectivity index (χ4v) is 1.74. The molecule has 120 valence electrons. The van der Waals surface area contributed by atoms with Gasteiger partial charge in [-0.05, 0) is 33.6 Å². The Balaban J connectivity index is 2.89. The van der Waals surface area contributed by atoms with Gasteiger partial charge < -0.3 is 9.84 Å². The number of halogens is 3. The van der Waals surface area contributed by atoms with Crippen LogP contribution in [0.25, 0.3) is 0 Å². The van der Waals surface area contributed by atoms with E-state index >= 15 is 0 Å². The molecule has 0 unspecified atom stereocenters. The molecule has 0 saturated carbocycles. The summed E-state index contributed by atoms with van der Waals surface area (Å²) in [7, 11) is 0. The molecule has 0 amide bonds. The van der Waals surface area contributed by atoms with Crippen molar-refractivity contribution in [3.05, 3.63) is 17.5 Å². The van der Waals surface area contributed by atoms with Gasteiger partial charge in [-0.3, -0.25) is 9.48 Å². The summed E-state index contributed by atoms with van der Waals surface area (Å²) >= 11 is 0. The van der Waals surface area contributed by atoms with Crippen molar-refractivity contribution < 1.29 is 27.8 Å². The summed E-state index contributed by atoms with van der Waals surface area (Å²) in [6.07, 6.45) is -3.19. The van der Waals surface area contributed by atoms with Crippen molar-refractivity contribution in [3.63, 3.8) is 0 Å². The molecule has 1 aromatic heterocycles. The van der Waals surface area contributed by atoms with E-state index in [4.69, 9.17) is 9.84 Å². The highest BCUT2D eigenvalue weighted by molar-refractivity contribution is 5.69. The van der Waals surface area contributed by atoms with Crippen LogP contribution in [0.2, 0.25) is 0 Å². The van der Waals surface area contributed by atoms with E-state index in [-0.39, 0.29) is 31.6 Å². The van der Waals surface area contributed by atoms with E-state index in [0.29, 0.717) is 0 Å². The molecule has 0 fully saturated rings. The van der Waals surface area contributed by atoms with E-state index < -0.39 is 23.4 Å². The number of aryl methyl sites for hydroxylation is 1. The molecule has 0 spiro atoms. The van der Waals surface area contributed by atoms with Crippen molar-refractivity contribution in [2.24, 2.45) is 0 Å². The molecule has 5 nitrogen and oxygen atoms in total. The number of nitrogens with zero attached hydrogens (tertiary/aromatic N) is 2. The maximum absolute atomic E-state index is 12.8. The van der Waals surface area contributed by atoms with Gasteiger partial charge in [0.05, 0.1) is 0 Å². The summed E-state index contributed by atoms with van der Waals surface area (Å²) in [6.45, 7) is 4.40. The van der Waals surface area contributed by atoms with E-state index in [9.17, 15) is 18.0 Å². The van der Waals surface area contributed by atoms with Crippen LogP contribution < -0.4 is 0 Å². The lowest BCUT2D eigenvalue weighted by molar-refractivity contribution is -0.156. The molecule has 1 heterocycles. The molecule has 0 aromatic carbocycles. The first-order valence-electron chi connectivity index (χ1n) is 6.49. The number of hydrogen-bond acceptors (Lipinski definition) is 4. The van der Waals surface area contributed by atoms with Crippen LogP contribution in [0.4, 0.5) is 13.2 Å². The van der Waals surface area contributed by atoms with Gasteiger partial charge in [0.15, 0.2) is 5.69 Å². The lowest BCUT2D eigenvalue weighted by Gasteiger charge is -2.19. The van der Waals surface area contributed by atoms with Gasteiger partial charge in [-0.2, -0.15) is 18.3 Å². The van der Waals surface area contributed by atoms with Crippen molar-refractivity contribution >= 4 is 5.97 Å². The first-order valence-corrected chi connectivity index (χ1v) is 6.49. The molecular formula is C13H19F3N2O3. The van der Waals surface area contributed by atoms with Crippen LogP contribution in [0.15, 0.2) is 6.20 Å². The van der Waals surface area contributed by atoms with Gasteiger partial charge in [0.25, 0.3) is 0 Å². The number of hydrogen-bond donors (Lipinski definition) is 1. The average Bonchev–Trinajstić information content (AvgIpc) is 2.66. The molecule has 1 N–H and O–H groups in total. The third-order valence-corrected chi connectivity index (χ3v) is 2.42. The van der Waals surface area contributed by atoms with Crippen LogP contribution in [0, 0.1) is 0 Å². The summed E-state index contributed by atoms with van der Waals surface area (Å²) in [6, 6.07) is 0. The number of carbonyl (C=O) groups excluding carboxylic acids is 1. The van der Waals surface area contributed by atoms with Crippen LogP contribution in [-0.4, -0.2) is 33.1 Å². The highest BCUT2D eigenvalue weighted by Crippen LogP contribution is 2.31. The Labute approximate surface area is 120 Å². The fraction of sp³-hybridized carbons (Fsp3) is 0.692. The van der Waals surface area contributed by atoms with Gasteiger partial charge in [-0.15, -0.1) is 0 Å². The molecule has 0 saturated heterocycles. The van der Waals surface area contributed by atoms with Gasteiger partial charge in [0, 0.05) is 18.4 Å². The maximum Gasteiger partial charge on any atom is 0.435 e. The number of aromatic nitrogens is 2. The first kappa shape index (κ1) is 17.5. The summed E-state index contributed by atoms with van der Waals surface area (Å²) in [4.78, 5) is 11.6. The second-order valence-corrected chi connectivity index (χ2v) is 5.61. The number of aliphatic hydroxyl groups excluding tert-OH is 1. The third kappa shape index (κ3) is 5.74. The molecule has 0 aliphatic heterocycles. The second kappa shape index (κ2) is 6.46. The monoisotopic (exact) mass is 308 g/mol. The lowest BCUT2D eigenvalue weighted by atomic mass is 10.1. The smallest absolute Gasteiger partial charge is 0.435 e. The molecule has 8 heteroatoms. The normalized spacial score (nSPS) is 12.5. The number of rotatable bonds is 5. The largest absolute Gasteiger partial charge is 0.459 e. The number of esters is 1. The van der Waals surface area contributed by atoms with Crippen LogP contribution in [0.1, 0.15) is 38.4 Å². The van der Waals surface area contributed by atoms with Crippen molar-refractivity contribution in [2.75, 3.05) is 6.61 Å². The summed E-state index contributed by atoms with van der Waals surface area (Å²) in [5.41, 5.74) is -1.78. The van der Waals surface area contributed by atoms with Gasteiger partial charge in [-0.25, -0.2) is 0 Å². The van der Waals surface area contributed by atoms with Crippen LogP contribution in [0.3, 0.4) is 0 Å². The fourth-order valence-electron chi connectivity index (χ4n) is 1.74. The zero-order chi connectivity index (χ0) is 16.3. The van der Waals surface area contributed by atoms with Gasteiger partial charge in [-0.1, -0.05) is 0 Å². The molecule has 0 bridgehead atoms. The highest BCUT2D eigenvalue weighted by atomic mass is 19.4. The van der Waals surface area contributed by atoms with Crippen LogP contribution in [0.5, 0.6) is 0 Å². The Morgan fingerprint density at radius 3 is 2.48 bits per heavy atom. The Kier molecular flexibility index (Phi) is 5.38. The van der Waals surface area contributed by atoms with Crippen LogP contribution >= 0.6 is 0 Å². The predicted octanol–water partition coefficient (Wildman–Crippen LogP) is 2.17. The molecule has 1 aromatic rings. The van der Waals surface area contributed by atoms with E-state index in [2.05, 4.69) is 5.10 Å². The number of ether oxygens (including phenoxy) is 1. The standard InChI is InChI=1S/C13H19F3N2O3/c1-12(2,3)21-10(20)8-18-7-9(5-4-6-19)11(17-18)13(14,15)16/h7,19H,4-6,8H2,1-3H3. The minimum Gasteiger partial charge on any atom is -0.459 e. The zero-order valence-corrected chi connectivity index (χ0v) is 12.2. The first-order chi connectivity index (χ1) is 9.53. The number of aliphatic hydroxyl groups is 1. The van der Waals surface area contributed by atoms with Gasteiger partial charge in [0.1, 0.15) is 12.1 Å². The molecule has 0 aliphatic rings. The Bertz CT molecular complexity index is 490. The van der Waals surface area contributed by atoms with Crippen molar-refractivity contribution in [1.82, 2.24) is 9.78 Å². The molecule has 0 aliphatic carbocycles. The van der Waals surface area contributed by atoms with E-state index in [1.807, 2.05) is 0 Å². The minimum atomic E-state index is -4.59. The molecule has 0 radical (unpaired) electrons. The van der Waals surface area contributed by atoms with Crippen LogP contribution in [-0.2, 0) is 28.7 Å². The lowest BCUT2D eigenvalue weighted by Crippen LogP contribution is -2.26. The SMILES string of the molecule is CC(C)(C)OC(=O)Cn1cc(CCCO)c(C(F)(F)F)n1.